The van der Waals surface area contributed by atoms with Gasteiger partial charge >= 0.3 is 0 Å². The highest BCUT2D eigenvalue weighted by Crippen LogP contribution is 2.58. The number of rotatable bonds is 9. The van der Waals surface area contributed by atoms with Gasteiger partial charge in [-0.15, -0.1) is 0 Å². The predicted octanol–water partition coefficient (Wildman–Crippen LogP) is 19.0. The van der Waals surface area contributed by atoms with Gasteiger partial charge in [-0.3, -0.25) is 0 Å². The van der Waals surface area contributed by atoms with Crippen LogP contribution in [0.25, 0.3) is 43.8 Å². The van der Waals surface area contributed by atoms with Crippen molar-refractivity contribution in [2.45, 2.75) is 38.5 Å². The molecule has 0 aromatic heterocycles. The largest absolute Gasteiger partial charge is 0.310 e. The highest BCUT2D eigenvalue weighted by Gasteiger charge is 2.41. The van der Waals surface area contributed by atoms with E-state index in [0.717, 1.165) is 45.5 Å². The minimum Gasteiger partial charge on any atom is -0.310 e. The molecular formula is C68H53N3. The van der Waals surface area contributed by atoms with Crippen molar-refractivity contribution in [2.24, 2.45) is 0 Å². The van der Waals surface area contributed by atoms with Crippen LogP contribution in [0.15, 0.2) is 249 Å². The number of nitrogens with zero attached hydrogens (tertiary/aromatic N) is 3. The maximum atomic E-state index is 2.51. The van der Waals surface area contributed by atoms with Gasteiger partial charge in [-0.25, -0.2) is 0 Å². The molecule has 0 aliphatic heterocycles. The second-order valence-corrected chi connectivity index (χ2v) is 20.2. The van der Waals surface area contributed by atoms with Crippen molar-refractivity contribution in [3.63, 3.8) is 0 Å². The minimum atomic E-state index is -0.255. The molecule has 13 rings (SSSR count). The van der Waals surface area contributed by atoms with Crippen LogP contribution in [-0.2, 0) is 10.8 Å². The molecule has 3 heteroatoms. The lowest BCUT2D eigenvalue weighted by Gasteiger charge is -2.34. The van der Waals surface area contributed by atoms with Crippen molar-refractivity contribution in [3.05, 3.63) is 271 Å². The Morgan fingerprint density at radius 2 is 0.761 bits per heavy atom. The van der Waals surface area contributed by atoms with E-state index < -0.39 is 0 Å². The summed E-state index contributed by atoms with van der Waals surface area (Å²) in [6, 6.07) is 91.7. The molecule has 0 N–H and O–H groups in total. The van der Waals surface area contributed by atoms with E-state index in [9.17, 15) is 0 Å². The molecule has 0 amide bonds. The van der Waals surface area contributed by atoms with Gasteiger partial charge in [0.25, 0.3) is 0 Å². The lowest BCUT2D eigenvalue weighted by Crippen LogP contribution is -2.21. The Bertz CT molecular complexity index is 3850. The van der Waals surface area contributed by atoms with E-state index in [2.05, 4.69) is 291 Å². The third-order valence-corrected chi connectivity index (χ3v) is 15.3. The quantitative estimate of drug-likeness (QED) is 0.143. The van der Waals surface area contributed by atoms with Gasteiger partial charge in [0, 0.05) is 61.6 Å². The summed E-state index contributed by atoms with van der Waals surface area (Å²) >= 11 is 0. The smallest absolute Gasteiger partial charge is 0.0587 e. The average Bonchev–Trinajstić information content (AvgIpc) is 3.79. The van der Waals surface area contributed by atoms with Crippen LogP contribution in [0.4, 0.5) is 51.2 Å². The first kappa shape index (κ1) is 42.4. The van der Waals surface area contributed by atoms with Gasteiger partial charge in [0.2, 0.25) is 0 Å². The van der Waals surface area contributed by atoms with Crippen LogP contribution in [-0.4, -0.2) is 0 Å². The third kappa shape index (κ3) is 6.79. The SMILES string of the molecule is CC1(C)c2ccccc2-c2c(N(c3ccccc3)c3cccc(N(c4cccc(N(c5ccccc5)c5c6c(cc7ccccc57)-c5ccccc5C6(C)C)c4)c4ccc5ccccc5c4)c3)cccc21. The molecule has 0 radical (unpaired) electrons. The van der Waals surface area contributed by atoms with Gasteiger partial charge in [-0.1, -0.05) is 191 Å². The van der Waals surface area contributed by atoms with Crippen molar-refractivity contribution < 1.29 is 0 Å². The highest BCUT2D eigenvalue weighted by atomic mass is 15.2. The fraction of sp³-hybridized carbons (Fsp3) is 0.0882. The lowest BCUT2D eigenvalue weighted by molar-refractivity contribution is 0.660. The average molecular weight is 912 g/mol. The van der Waals surface area contributed by atoms with E-state index >= 15 is 0 Å². The summed E-state index contributed by atoms with van der Waals surface area (Å²) in [7, 11) is 0. The molecule has 71 heavy (non-hydrogen) atoms. The van der Waals surface area contributed by atoms with E-state index in [1.165, 1.54) is 71.7 Å². The van der Waals surface area contributed by atoms with Crippen LogP contribution >= 0.6 is 0 Å². The Morgan fingerprint density at radius 3 is 1.45 bits per heavy atom. The number of hydrogen-bond donors (Lipinski definition) is 0. The minimum absolute atomic E-state index is 0.135. The van der Waals surface area contributed by atoms with Gasteiger partial charge < -0.3 is 14.7 Å². The van der Waals surface area contributed by atoms with Gasteiger partial charge in [-0.05, 0) is 140 Å². The normalized spacial score (nSPS) is 13.6. The predicted molar refractivity (Wildman–Crippen MR) is 301 cm³/mol. The summed E-state index contributed by atoms with van der Waals surface area (Å²) in [6.45, 7) is 9.51. The Balaban J connectivity index is 1.03. The molecule has 0 heterocycles. The van der Waals surface area contributed by atoms with Crippen LogP contribution in [0.2, 0.25) is 0 Å². The Kier molecular flexibility index (Phi) is 9.86. The molecule has 0 bridgehead atoms. The van der Waals surface area contributed by atoms with Gasteiger partial charge in [0.15, 0.2) is 0 Å². The zero-order valence-electron chi connectivity index (χ0n) is 40.5. The van der Waals surface area contributed by atoms with Crippen molar-refractivity contribution in [2.75, 3.05) is 14.7 Å². The van der Waals surface area contributed by atoms with Gasteiger partial charge in [0.1, 0.15) is 0 Å². The van der Waals surface area contributed by atoms with E-state index in [1.807, 2.05) is 0 Å². The fourth-order valence-corrected chi connectivity index (χ4v) is 12.0. The van der Waals surface area contributed by atoms with Gasteiger partial charge in [-0.2, -0.15) is 0 Å². The van der Waals surface area contributed by atoms with Crippen molar-refractivity contribution >= 4 is 72.7 Å². The van der Waals surface area contributed by atoms with E-state index in [0.29, 0.717) is 0 Å². The Hall–Kier alpha value is -8.66. The number of benzene rings is 11. The van der Waals surface area contributed by atoms with E-state index in [-0.39, 0.29) is 10.8 Å². The topological polar surface area (TPSA) is 9.72 Å². The zero-order valence-corrected chi connectivity index (χ0v) is 40.5. The van der Waals surface area contributed by atoms with Crippen molar-refractivity contribution in [1.29, 1.82) is 0 Å². The second kappa shape index (κ2) is 16.5. The fourth-order valence-electron chi connectivity index (χ4n) is 12.0. The number of para-hydroxylation sites is 2. The summed E-state index contributed by atoms with van der Waals surface area (Å²) in [5, 5.41) is 4.84. The van der Waals surface area contributed by atoms with E-state index in [1.54, 1.807) is 0 Å². The van der Waals surface area contributed by atoms with Crippen LogP contribution in [0.1, 0.15) is 49.9 Å². The van der Waals surface area contributed by atoms with Gasteiger partial charge in [0.05, 0.1) is 11.4 Å². The molecule has 11 aromatic rings. The zero-order chi connectivity index (χ0) is 47.8. The first-order valence-corrected chi connectivity index (χ1v) is 24.8. The number of fused-ring (bicyclic) bond motifs is 8. The summed E-state index contributed by atoms with van der Waals surface area (Å²) < 4.78 is 0. The molecule has 2 aliphatic carbocycles. The molecule has 0 saturated carbocycles. The second-order valence-electron chi connectivity index (χ2n) is 20.2. The molecule has 0 spiro atoms. The van der Waals surface area contributed by atoms with Crippen molar-refractivity contribution in [1.82, 2.24) is 0 Å². The molecule has 340 valence electrons. The molecule has 0 unspecified atom stereocenters. The summed E-state index contributed by atoms with van der Waals surface area (Å²) in [6.07, 6.45) is 0. The van der Waals surface area contributed by atoms with Crippen LogP contribution in [0, 0.1) is 0 Å². The molecule has 0 saturated heterocycles. The molecule has 3 nitrogen and oxygen atoms in total. The number of anilines is 9. The van der Waals surface area contributed by atoms with Crippen LogP contribution in [0.5, 0.6) is 0 Å². The Morgan fingerprint density at radius 1 is 0.282 bits per heavy atom. The summed E-state index contributed by atoms with van der Waals surface area (Å²) in [4.78, 5) is 7.40. The lowest BCUT2D eigenvalue weighted by atomic mass is 9.80. The van der Waals surface area contributed by atoms with Crippen LogP contribution in [0.3, 0.4) is 0 Å². The monoisotopic (exact) mass is 911 g/mol. The first-order valence-electron chi connectivity index (χ1n) is 24.8. The number of hydrogen-bond acceptors (Lipinski definition) is 3. The maximum Gasteiger partial charge on any atom is 0.0587 e. The molecule has 0 fully saturated rings. The van der Waals surface area contributed by atoms with Crippen LogP contribution < -0.4 is 14.7 Å². The van der Waals surface area contributed by atoms with E-state index in [4.69, 9.17) is 0 Å². The first-order chi connectivity index (χ1) is 34.8. The summed E-state index contributed by atoms with van der Waals surface area (Å²) in [5.74, 6) is 0. The standard InChI is InChI=1S/C68H53N3/c1-67(2)61-37-18-16-35-58(61)64-62(67)38-21-39-63(64)70(49-25-7-5-8-26-49)53-31-19-29-51(44-53)69(55-41-40-46-22-11-12-23-47(46)42-55)52-30-20-32-54(45-52)71(50-27-9-6-10-28-50)66-56-33-14-13-24-48(56)43-59-57-34-15-17-36-60(57)68(3,4)65(59)66/h5-45H,1-4H3. The third-order valence-electron chi connectivity index (χ3n) is 15.3. The summed E-state index contributed by atoms with van der Waals surface area (Å²) in [5.41, 5.74) is 20.1. The van der Waals surface area contributed by atoms with Crippen molar-refractivity contribution in [3.8, 4) is 22.3 Å². The maximum absolute atomic E-state index is 2.51. The highest BCUT2D eigenvalue weighted by molar-refractivity contribution is 6.07. The molecular weight excluding hydrogens is 859 g/mol. The Labute approximate surface area is 417 Å². The molecule has 0 atom stereocenters. The molecule has 2 aliphatic rings. The molecule has 11 aromatic carbocycles.